The molecule has 152 valence electrons. The van der Waals surface area contributed by atoms with Gasteiger partial charge in [0, 0.05) is 36.7 Å². The Labute approximate surface area is 167 Å². The van der Waals surface area contributed by atoms with Crippen molar-refractivity contribution in [3.05, 3.63) is 35.5 Å². The van der Waals surface area contributed by atoms with Gasteiger partial charge < -0.3 is 20.4 Å². The lowest BCUT2D eigenvalue weighted by molar-refractivity contribution is -0.149. The maximum absolute atomic E-state index is 11.9. The van der Waals surface area contributed by atoms with Gasteiger partial charge in [0.1, 0.15) is 0 Å². The normalized spacial score (nSPS) is 20.2. The third-order valence-electron chi connectivity index (χ3n) is 5.61. The number of hydrogen-bond donors (Lipinski definition) is 3. The van der Waals surface area contributed by atoms with Gasteiger partial charge in [-0.2, -0.15) is 0 Å². The molecular weight excluding hydrogens is 352 g/mol. The van der Waals surface area contributed by atoms with Crippen molar-refractivity contribution >= 4 is 22.8 Å². The molecule has 3 N–H and O–H groups in total. The first-order valence-electron chi connectivity index (χ1n) is 10.3. The summed E-state index contributed by atoms with van der Waals surface area (Å²) in [6.07, 6.45) is 6.72. The Morgan fingerprint density at radius 1 is 1.29 bits per heavy atom. The number of benzene rings is 1. The lowest BCUT2D eigenvalue weighted by Crippen LogP contribution is -2.45. The average molecular weight is 385 g/mol. The number of aromatic amines is 1. The number of nitrogens with zero attached hydrogens (tertiary/aromatic N) is 1. The fourth-order valence-corrected chi connectivity index (χ4v) is 4.01. The molecule has 0 bridgehead atoms. The third kappa shape index (κ3) is 4.86. The van der Waals surface area contributed by atoms with E-state index in [9.17, 15) is 4.79 Å². The van der Waals surface area contributed by atoms with Crippen LogP contribution in [0.5, 0.6) is 0 Å². The molecule has 6 nitrogen and oxygen atoms in total. The molecule has 2 aromatic rings. The van der Waals surface area contributed by atoms with E-state index in [4.69, 9.17) is 4.74 Å². The van der Waals surface area contributed by atoms with Crippen LogP contribution in [0.1, 0.15) is 43.7 Å². The monoisotopic (exact) mass is 384 g/mol. The van der Waals surface area contributed by atoms with Crippen molar-refractivity contribution < 1.29 is 9.53 Å². The molecule has 3 rings (SSSR count). The van der Waals surface area contributed by atoms with Gasteiger partial charge in [-0.25, -0.2) is 0 Å². The number of aliphatic imine (C=N–C) groups is 1. The number of aromatic nitrogens is 1. The van der Waals surface area contributed by atoms with Gasteiger partial charge in [0.25, 0.3) is 0 Å². The summed E-state index contributed by atoms with van der Waals surface area (Å²) in [5.41, 5.74) is 3.81. The molecule has 6 heteroatoms. The number of guanidine groups is 1. The van der Waals surface area contributed by atoms with Crippen molar-refractivity contribution in [2.24, 2.45) is 10.9 Å². The first kappa shape index (κ1) is 20.2. The highest BCUT2D eigenvalue weighted by atomic mass is 16.5. The smallest absolute Gasteiger partial charge is 0.308 e. The van der Waals surface area contributed by atoms with Crippen LogP contribution >= 0.6 is 0 Å². The zero-order valence-electron chi connectivity index (χ0n) is 17.2. The van der Waals surface area contributed by atoms with Crippen LogP contribution in [-0.4, -0.2) is 43.2 Å². The molecule has 1 fully saturated rings. The Morgan fingerprint density at radius 2 is 2.07 bits per heavy atom. The summed E-state index contributed by atoms with van der Waals surface area (Å²) in [4.78, 5) is 19.6. The number of fused-ring (bicyclic) bond motifs is 1. The number of para-hydroxylation sites is 1. The van der Waals surface area contributed by atoms with E-state index in [1.807, 2.05) is 6.92 Å². The minimum Gasteiger partial charge on any atom is -0.466 e. The molecule has 0 spiro atoms. The van der Waals surface area contributed by atoms with Crippen LogP contribution in [0, 0.1) is 12.8 Å². The molecule has 0 saturated heterocycles. The molecule has 0 amide bonds. The summed E-state index contributed by atoms with van der Waals surface area (Å²) in [7, 11) is 1.80. The minimum atomic E-state index is -0.0441. The van der Waals surface area contributed by atoms with Gasteiger partial charge in [-0.15, -0.1) is 0 Å². The van der Waals surface area contributed by atoms with Gasteiger partial charge in [-0.05, 0) is 57.1 Å². The van der Waals surface area contributed by atoms with Gasteiger partial charge in [0.2, 0.25) is 0 Å². The van der Waals surface area contributed by atoms with Crippen LogP contribution in [0.4, 0.5) is 0 Å². The summed E-state index contributed by atoms with van der Waals surface area (Å²) in [5, 5.41) is 8.22. The highest BCUT2D eigenvalue weighted by Gasteiger charge is 2.27. The molecule has 1 saturated carbocycles. The molecule has 0 unspecified atom stereocenters. The fraction of sp³-hybridized carbons (Fsp3) is 0.545. The summed E-state index contributed by atoms with van der Waals surface area (Å²) in [5.74, 6) is 0.839. The van der Waals surface area contributed by atoms with Gasteiger partial charge >= 0.3 is 5.97 Å². The number of esters is 1. The summed E-state index contributed by atoms with van der Waals surface area (Å²) in [6, 6.07) is 6.76. The number of carbonyl (C=O) groups is 1. The number of H-pyrrole nitrogens is 1. The summed E-state index contributed by atoms with van der Waals surface area (Å²) >= 11 is 0. The Morgan fingerprint density at radius 3 is 2.79 bits per heavy atom. The van der Waals surface area contributed by atoms with Crippen LogP contribution in [-0.2, 0) is 16.0 Å². The van der Waals surface area contributed by atoms with E-state index >= 15 is 0 Å². The van der Waals surface area contributed by atoms with Gasteiger partial charge in [0.05, 0.1) is 12.5 Å². The Bertz CT molecular complexity index is 819. The van der Waals surface area contributed by atoms with Crippen LogP contribution in [0.2, 0.25) is 0 Å². The fourth-order valence-electron chi connectivity index (χ4n) is 4.01. The standard InChI is InChI=1S/C22H32N4O2/c1-4-28-21(27)16-8-10-18(11-9-16)26-22(23-3)24-13-12-17-14-25-20-15(2)6-5-7-19(17)20/h5-7,14,16,18,25H,4,8-13H2,1-3H3,(H2,23,24,26). The number of ether oxygens (including phenoxy) is 1. The maximum Gasteiger partial charge on any atom is 0.308 e. The van der Waals surface area contributed by atoms with Gasteiger partial charge in [-0.3, -0.25) is 9.79 Å². The van der Waals surface area contributed by atoms with Crippen molar-refractivity contribution in [2.75, 3.05) is 20.2 Å². The lowest BCUT2D eigenvalue weighted by atomic mass is 9.86. The molecule has 0 aliphatic heterocycles. The van der Waals surface area contributed by atoms with Crippen molar-refractivity contribution in [3.63, 3.8) is 0 Å². The van der Waals surface area contributed by atoms with Crippen molar-refractivity contribution in [1.29, 1.82) is 0 Å². The predicted octanol–water partition coefficient (Wildman–Crippen LogP) is 3.31. The number of rotatable bonds is 6. The Balaban J connectivity index is 1.45. The highest BCUT2D eigenvalue weighted by molar-refractivity contribution is 5.86. The Hall–Kier alpha value is -2.50. The lowest BCUT2D eigenvalue weighted by Gasteiger charge is -2.29. The minimum absolute atomic E-state index is 0.0441. The van der Waals surface area contributed by atoms with Gasteiger partial charge in [-0.1, -0.05) is 18.2 Å². The molecule has 1 heterocycles. The third-order valence-corrected chi connectivity index (χ3v) is 5.61. The van der Waals surface area contributed by atoms with E-state index in [1.54, 1.807) is 7.05 Å². The summed E-state index contributed by atoms with van der Waals surface area (Å²) < 4.78 is 5.15. The molecule has 1 aliphatic rings. The zero-order valence-corrected chi connectivity index (χ0v) is 17.2. The van der Waals surface area contributed by atoms with Crippen molar-refractivity contribution in [2.45, 2.75) is 52.0 Å². The molecule has 1 aromatic heterocycles. The second-order valence-electron chi connectivity index (χ2n) is 7.51. The van der Waals surface area contributed by atoms with E-state index in [0.29, 0.717) is 12.6 Å². The van der Waals surface area contributed by atoms with Crippen molar-refractivity contribution in [3.8, 4) is 0 Å². The molecule has 1 aromatic carbocycles. The molecule has 28 heavy (non-hydrogen) atoms. The number of carbonyl (C=O) groups excluding carboxylic acids is 1. The van der Waals surface area contributed by atoms with Crippen molar-refractivity contribution in [1.82, 2.24) is 15.6 Å². The number of nitrogens with one attached hydrogen (secondary N) is 3. The quantitative estimate of drug-likeness (QED) is 0.406. The molecule has 0 radical (unpaired) electrons. The maximum atomic E-state index is 11.9. The van der Waals surface area contributed by atoms with Crippen LogP contribution in [0.3, 0.4) is 0 Å². The van der Waals surface area contributed by atoms with Crippen LogP contribution in [0.15, 0.2) is 29.4 Å². The second-order valence-corrected chi connectivity index (χ2v) is 7.51. The predicted molar refractivity (Wildman–Crippen MR) is 114 cm³/mol. The largest absolute Gasteiger partial charge is 0.466 e. The summed E-state index contributed by atoms with van der Waals surface area (Å²) in [6.45, 7) is 5.27. The average Bonchev–Trinajstić information content (AvgIpc) is 3.12. The Kier molecular flexibility index (Phi) is 6.95. The van der Waals surface area contributed by atoms with E-state index in [-0.39, 0.29) is 11.9 Å². The van der Waals surface area contributed by atoms with E-state index in [1.165, 1.54) is 22.0 Å². The van der Waals surface area contributed by atoms with Gasteiger partial charge in [0.15, 0.2) is 5.96 Å². The zero-order chi connectivity index (χ0) is 19.9. The highest BCUT2D eigenvalue weighted by Crippen LogP contribution is 2.25. The topological polar surface area (TPSA) is 78.5 Å². The molecule has 1 aliphatic carbocycles. The first-order chi connectivity index (χ1) is 13.6. The SMILES string of the molecule is CCOC(=O)C1CCC(NC(=NC)NCCc2c[nH]c3c(C)cccc23)CC1. The second kappa shape index (κ2) is 9.62. The van der Waals surface area contributed by atoms with E-state index in [0.717, 1.165) is 44.6 Å². The van der Waals surface area contributed by atoms with Crippen LogP contribution in [0.25, 0.3) is 10.9 Å². The van der Waals surface area contributed by atoms with E-state index in [2.05, 4.69) is 51.9 Å². The van der Waals surface area contributed by atoms with E-state index < -0.39 is 0 Å². The van der Waals surface area contributed by atoms with Crippen LogP contribution < -0.4 is 10.6 Å². The molecule has 0 atom stereocenters. The number of hydrogen-bond acceptors (Lipinski definition) is 3. The number of aryl methyl sites for hydroxylation is 1. The molecular formula is C22H32N4O2. The first-order valence-corrected chi connectivity index (χ1v) is 10.3.